The largest absolute Gasteiger partial charge is 0.342 e. The number of benzene rings is 3. The van der Waals surface area contributed by atoms with Gasteiger partial charge in [0.05, 0.1) is 6.21 Å². The standard InChI is InChI=1S/C28H27ClN4O2/c1-19(2)26(31-27(34)21-11-8-12-23(29)15-21)28(35)32-30-16-22-18-33(17-20-9-4-3-5-10-20)25-14-7-6-13-24(22)25/h3-16,18-19,26H,17H2,1-2H3,(H,31,34)(H,32,35)/b30-16-. The molecule has 0 bridgehead atoms. The van der Waals surface area contributed by atoms with Crippen molar-refractivity contribution in [1.82, 2.24) is 15.3 Å². The lowest BCUT2D eigenvalue weighted by Crippen LogP contribution is -2.48. The van der Waals surface area contributed by atoms with Crippen molar-refractivity contribution in [2.24, 2.45) is 11.0 Å². The Bertz CT molecular complexity index is 1360. The highest BCUT2D eigenvalue weighted by atomic mass is 35.5. The third-order valence-electron chi connectivity index (χ3n) is 5.72. The third-order valence-corrected chi connectivity index (χ3v) is 5.95. The van der Waals surface area contributed by atoms with E-state index in [-0.39, 0.29) is 17.7 Å². The van der Waals surface area contributed by atoms with Gasteiger partial charge in [0.1, 0.15) is 6.04 Å². The summed E-state index contributed by atoms with van der Waals surface area (Å²) >= 11 is 5.99. The number of nitrogens with zero attached hydrogens (tertiary/aromatic N) is 2. The molecule has 1 unspecified atom stereocenters. The minimum atomic E-state index is -0.752. The second-order valence-corrected chi connectivity index (χ2v) is 9.09. The Morgan fingerprint density at radius 3 is 2.49 bits per heavy atom. The second kappa shape index (κ2) is 11.0. The average molecular weight is 487 g/mol. The van der Waals surface area contributed by atoms with Gasteiger partial charge < -0.3 is 9.88 Å². The van der Waals surface area contributed by atoms with Gasteiger partial charge in [-0.25, -0.2) is 5.43 Å². The lowest BCUT2D eigenvalue weighted by Gasteiger charge is -2.20. The molecule has 0 spiro atoms. The number of hydrazone groups is 1. The Morgan fingerprint density at radius 2 is 1.74 bits per heavy atom. The number of aromatic nitrogens is 1. The molecule has 4 rings (SSSR count). The van der Waals surface area contributed by atoms with Crippen LogP contribution in [0.1, 0.15) is 35.3 Å². The number of amides is 2. The number of halogens is 1. The van der Waals surface area contributed by atoms with Crippen molar-refractivity contribution in [3.8, 4) is 0 Å². The fraction of sp³-hybridized carbons (Fsp3) is 0.179. The normalized spacial score (nSPS) is 12.2. The molecule has 4 aromatic rings. The molecule has 3 aromatic carbocycles. The van der Waals surface area contributed by atoms with E-state index < -0.39 is 6.04 Å². The highest BCUT2D eigenvalue weighted by molar-refractivity contribution is 6.31. The molecule has 0 saturated carbocycles. The summed E-state index contributed by atoms with van der Waals surface area (Å²) < 4.78 is 2.16. The van der Waals surface area contributed by atoms with Gasteiger partial charge in [0.15, 0.2) is 0 Å². The van der Waals surface area contributed by atoms with Gasteiger partial charge >= 0.3 is 0 Å². The Morgan fingerprint density at radius 1 is 1.00 bits per heavy atom. The molecular weight excluding hydrogens is 460 g/mol. The summed E-state index contributed by atoms with van der Waals surface area (Å²) in [6.45, 7) is 4.46. The molecule has 7 heteroatoms. The van der Waals surface area contributed by atoms with Gasteiger partial charge in [-0.3, -0.25) is 9.59 Å². The van der Waals surface area contributed by atoms with Crippen molar-refractivity contribution in [2.45, 2.75) is 26.4 Å². The number of hydrogen-bond donors (Lipinski definition) is 2. The van der Waals surface area contributed by atoms with E-state index in [0.29, 0.717) is 10.6 Å². The molecule has 178 valence electrons. The maximum atomic E-state index is 12.8. The summed E-state index contributed by atoms with van der Waals surface area (Å²) in [5, 5.41) is 8.48. The van der Waals surface area contributed by atoms with Crippen molar-refractivity contribution in [2.75, 3.05) is 0 Å². The van der Waals surface area contributed by atoms with E-state index in [9.17, 15) is 9.59 Å². The number of hydrogen-bond acceptors (Lipinski definition) is 3. The van der Waals surface area contributed by atoms with Crippen LogP contribution in [0.2, 0.25) is 5.02 Å². The predicted octanol–water partition coefficient (Wildman–Crippen LogP) is 5.25. The first-order valence-electron chi connectivity index (χ1n) is 11.4. The highest BCUT2D eigenvalue weighted by Crippen LogP contribution is 2.21. The summed E-state index contributed by atoms with van der Waals surface area (Å²) in [6, 6.07) is 24.2. The Kier molecular flexibility index (Phi) is 7.63. The minimum Gasteiger partial charge on any atom is -0.342 e. The van der Waals surface area contributed by atoms with Crippen LogP contribution in [0.3, 0.4) is 0 Å². The van der Waals surface area contributed by atoms with E-state index in [1.165, 1.54) is 5.56 Å². The van der Waals surface area contributed by atoms with E-state index in [1.807, 2.05) is 56.4 Å². The van der Waals surface area contributed by atoms with E-state index >= 15 is 0 Å². The Hall–Kier alpha value is -3.90. The van der Waals surface area contributed by atoms with Crippen LogP contribution in [0.25, 0.3) is 10.9 Å². The summed E-state index contributed by atoms with van der Waals surface area (Å²) in [4.78, 5) is 25.5. The fourth-order valence-corrected chi connectivity index (χ4v) is 4.10. The first kappa shape index (κ1) is 24.2. The van der Waals surface area contributed by atoms with Crippen LogP contribution in [0.4, 0.5) is 0 Å². The molecule has 0 aliphatic heterocycles. The van der Waals surface area contributed by atoms with Crippen LogP contribution < -0.4 is 10.7 Å². The molecule has 0 aliphatic rings. The maximum Gasteiger partial charge on any atom is 0.262 e. The predicted molar refractivity (Wildman–Crippen MR) is 141 cm³/mol. The molecule has 2 N–H and O–H groups in total. The van der Waals surface area contributed by atoms with Crippen molar-refractivity contribution in [1.29, 1.82) is 0 Å². The quantitative estimate of drug-likeness (QED) is 0.264. The van der Waals surface area contributed by atoms with Gasteiger partial charge in [-0.1, -0.05) is 80.0 Å². The van der Waals surface area contributed by atoms with Crippen LogP contribution in [0.15, 0.2) is 90.2 Å². The zero-order valence-electron chi connectivity index (χ0n) is 19.6. The molecule has 2 amide bonds. The van der Waals surface area contributed by atoms with E-state index in [4.69, 9.17) is 11.6 Å². The van der Waals surface area contributed by atoms with Gasteiger partial charge in [0, 0.05) is 39.8 Å². The molecule has 1 atom stereocenters. The van der Waals surface area contributed by atoms with Gasteiger partial charge in [-0.2, -0.15) is 5.10 Å². The summed E-state index contributed by atoms with van der Waals surface area (Å²) in [5.41, 5.74) is 6.14. The molecule has 0 aliphatic carbocycles. The van der Waals surface area contributed by atoms with Crippen molar-refractivity contribution < 1.29 is 9.59 Å². The summed E-state index contributed by atoms with van der Waals surface area (Å²) in [6.07, 6.45) is 3.66. The summed E-state index contributed by atoms with van der Waals surface area (Å²) in [7, 11) is 0. The Balaban J connectivity index is 1.48. The molecule has 6 nitrogen and oxygen atoms in total. The number of carbonyl (C=O) groups excluding carboxylic acids is 2. The number of nitrogens with one attached hydrogen (secondary N) is 2. The minimum absolute atomic E-state index is 0.138. The molecule has 0 saturated heterocycles. The first-order valence-corrected chi connectivity index (χ1v) is 11.8. The second-order valence-electron chi connectivity index (χ2n) is 8.65. The van der Waals surface area contributed by atoms with Crippen molar-refractivity contribution >= 4 is 40.5 Å². The number of para-hydroxylation sites is 1. The molecule has 1 aromatic heterocycles. The van der Waals surface area contributed by atoms with Crippen molar-refractivity contribution in [3.05, 3.63) is 107 Å². The van der Waals surface area contributed by atoms with Crippen LogP contribution >= 0.6 is 11.6 Å². The lowest BCUT2D eigenvalue weighted by molar-refractivity contribution is -0.123. The lowest BCUT2D eigenvalue weighted by atomic mass is 10.0. The van der Waals surface area contributed by atoms with Crippen LogP contribution in [0.5, 0.6) is 0 Å². The molecule has 0 fully saturated rings. The maximum absolute atomic E-state index is 12.8. The van der Waals surface area contributed by atoms with E-state index in [1.54, 1.807) is 30.5 Å². The zero-order valence-corrected chi connectivity index (χ0v) is 20.4. The monoisotopic (exact) mass is 486 g/mol. The topological polar surface area (TPSA) is 75.5 Å². The first-order chi connectivity index (χ1) is 16.9. The van der Waals surface area contributed by atoms with Crippen LogP contribution in [-0.4, -0.2) is 28.6 Å². The van der Waals surface area contributed by atoms with Gasteiger partial charge in [-0.05, 0) is 35.7 Å². The zero-order chi connectivity index (χ0) is 24.8. The van der Waals surface area contributed by atoms with Gasteiger partial charge in [0.2, 0.25) is 0 Å². The van der Waals surface area contributed by atoms with Crippen LogP contribution in [-0.2, 0) is 11.3 Å². The highest BCUT2D eigenvalue weighted by Gasteiger charge is 2.24. The summed E-state index contributed by atoms with van der Waals surface area (Å²) in [5.74, 6) is -0.893. The number of carbonyl (C=O) groups is 2. The molecule has 35 heavy (non-hydrogen) atoms. The molecule has 1 heterocycles. The van der Waals surface area contributed by atoms with E-state index in [2.05, 4.69) is 38.6 Å². The third kappa shape index (κ3) is 5.97. The van der Waals surface area contributed by atoms with Gasteiger partial charge in [0.25, 0.3) is 11.8 Å². The van der Waals surface area contributed by atoms with Gasteiger partial charge in [-0.15, -0.1) is 0 Å². The van der Waals surface area contributed by atoms with Crippen molar-refractivity contribution in [3.63, 3.8) is 0 Å². The Labute approximate surface area is 209 Å². The smallest absolute Gasteiger partial charge is 0.262 e. The fourth-order valence-electron chi connectivity index (χ4n) is 3.91. The van der Waals surface area contributed by atoms with Crippen LogP contribution in [0, 0.1) is 5.92 Å². The number of rotatable bonds is 8. The number of fused-ring (bicyclic) bond motifs is 1. The molecule has 0 radical (unpaired) electrons. The molecular formula is C28H27ClN4O2. The van der Waals surface area contributed by atoms with E-state index in [0.717, 1.165) is 23.0 Å². The average Bonchev–Trinajstić information content (AvgIpc) is 3.20. The SMILES string of the molecule is CC(C)C(NC(=O)c1cccc(Cl)c1)C(=O)N/N=C\c1cn(Cc2ccccc2)c2ccccc12.